The van der Waals surface area contributed by atoms with Crippen LogP contribution in [0.25, 0.3) is 5.69 Å². The average molecular weight is 333 g/mol. The number of carbonyl (C=O) groups is 1. The van der Waals surface area contributed by atoms with Crippen molar-refractivity contribution in [3.63, 3.8) is 0 Å². The molecule has 6 nitrogen and oxygen atoms in total. The molecule has 0 amide bonds. The van der Waals surface area contributed by atoms with Crippen molar-refractivity contribution in [3.8, 4) is 17.5 Å². The van der Waals surface area contributed by atoms with Crippen LogP contribution in [-0.4, -0.2) is 28.7 Å². The molecule has 0 atom stereocenters. The second-order valence-corrected chi connectivity index (χ2v) is 5.10. The summed E-state index contributed by atoms with van der Waals surface area (Å²) in [6.07, 6.45) is 3.04. The predicted molar refractivity (Wildman–Crippen MR) is 90.5 cm³/mol. The minimum atomic E-state index is -0.468. The summed E-state index contributed by atoms with van der Waals surface area (Å²) in [5, 5.41) is 8.74. The lowest BCUT2D eigenvalue weighted by molar-refractivity contribution is 0.0441. The summed E-state index contributed by atoms with van der Waals surface area (Å²) in [4.78, 5) is 16.2. The largest absolute Gasteiger partial charge is 0.490 e. The maximum absolute atomic E-state index is 12.2. The maximum atomic E-state index is 12.2. The highest BCUT2D eigenvalue weighted by Crippen LogP contribution is 2.13. The number of nitriles is 1. The zero-order valence-electron chi connectivity index (χ0n) is 13.3. The SMILES string of the molecule is N#Cc1ccc(OCCOC(=O)c2cncn2-c2ccccc2)cc1. The molecule has 25 heavy (non-hydrogen) atoms. The molecule has 6 heteroatoms. The van der Waals surface area contributed by atoms with Crippen molar-refractivity contribution in [2.24, 2.45) is 0 Å². The summed E-state index contributed by atoms with van der Waals surface area (Å²) in [6.45, 7) is 0.329. The van der Waals surface area contributed by atoms with Gasteiger partial charge in [-0.25, -0.2) is 9.78 Å². The number of carbonyl (C=O) groups excluding carboxylic acids is 1. The van der Waals surface area contributed by atoms with Gasteiger partial charge < -0.3 is 9.47 Å². The van der Waals surface area contributed by atoms with E-state index < -0.39 is 5.97 Å². The summed E-state index contributed by atoms with van der Waals surface area (Å²) in [7, 11) is 0. The number of esters is 1. The number of para-hydroxylation sites is 1. The summed E-state index contributed by atoms with van der Waals surface area (Å²) < 4.78 is 12.4. The van der Waals surface area contributed by atoms with Crippen molar-refractivity contribution in [2.45, 2.75) is 0 Å². The Balaban J connectivity index is 1.53. The van der Waals surface area contributed by atoms with Gasteiger partial charge in [-0.1, -0.05) is 18.2 Å². The molecule has 1 aromatic heterocycles. The van der Waals surface area contributed by atoms with Crippen LogP contribution in [-0.2, 0) is 4.74 Å². The van der Waals surface area contributed by atoms with E-state index in [0.29, 0.717) is 17.0 Å². The van der Waals surface area contributed by atoms with Gasteiger partial charge in [0, 0.05) is 5.69 Å². The first kappa shape index (κ1) is 16.3. The van der Waals surface area contributed by atoms with Gasteiger partial charge in [-0.3, -0.25) is 4.57 Å². The smallest absolute Gasteiger partial charge is 0.357 e. The van der Waals surface area contributed by atoms with Crippen LogP contribution in [0.3, 0.4) is 0 Å². The van der Waals surface area contributed by atoms with Crippen molar-refractivity contribution in [2.75, 3.05) is 13.2 Å². The highest BCUT2D eigenvalue weighted by atomic mass is 16.6. The van der Waals surface area contributed by atoms with Crippen LogP contribution in [0.5, 0.6) is 5.75 Å². The maximum Gasteiger partial charge on any atom is 0.357 e. The molecule has 1 heterocycles. The number of aromatic nitrogens is 2. The van der Waals surface area contributed by atoms with Crippen molar-refractivity contribution in [1.82, 2.24) is 9.55 Å². The van der Waals surface area contributed by atoms with E-state index in [-0.39, 0.29) is 13.2 Å². The molecule has 0 bridgehead atoms. The van der Waals surface area contributed by atoms with Gasteiger partial charge in [0.1, 0.15) is 19.0 Å². The van der Waals surface area contributed by atoms with E-state index >= 15 is 0 Å². The van der Waals surface area contributed by atoms with E-state index in [4.69, 9.17) is 14.7 Å². The highest BCUT2D eigenvalue weighted by molar-refractivity contribution is 5.88. The Morgan fingerprint density at radius 1 is 1.08 bits per heavy atom. The third kappa shape index (κ3) is 4.03. The van der Waals surface area contributed by atoms with E-state index in [1.54, 1.807) is 35.2 Å². The summed E-state index contributed by atoms with van der Waals surface area (Å²) in [5.74, 6) is 0.147. The fourth-order valence-electron chi connectivity index (χ4n) is 2.23. The van der Waals surface area contributed by atoms with Crippen LogP contribution in [0, 0.1) is 11.3 Å². The monoisotopic (exact) mass is 333 g/mol. The summed E-state index contributed by atoms with van der Waals surface area (Å²) in [5.41, 5.74) is 1.75. The molecular formula is C19H15N3O3. The van der Waals surface area contributed by atoms with Gasteiger partial charge in [-0.05, 0) is 36.4 Å². The number of benzene rings is 2. The first-order valence-electron chi connectivity index (χ1n) is 7.66. The molecule has 0 spiro atoms. The fourth-order valence-corrected chi connectivity index (χ4v) is 2.23. The van der Waals surface area contributed by atoms with E-state index in [0.717, 1.165) is 5.69 Å². The van der Waals surface area contributed by atoms with Crippen LogP contribution in [0.4, 0.5) is 0 Å². The van der Waals surface area contributed by atoms with Gasteiger partial charge in [0.25, 0.3) is 0 Å². The zero-order chi connectivity index (χ0) is 17.5. The lowest BCUT2D eigenvalue weighted by Crippen LogP contribution is -2.15. The normalized spacial score (nSPS) is 10.0. The Labute approximate surface area is 144 Å². The topological polar surface area (TPSA) is 77.1 Å². The molecular weight excluding hydrogens is 318 g/mol. The van der Waals surface area contributed by atoms with Gasteiger partial charge in [0.15, 0.2) is 5.69 Å². The molecule has 0 unspecified atom stereocenters. The van der Waals surface area contributed by atoms with Gasteiger partial charge in [0.2, 0.25) is 0 Å². The van der Waals surface area contributed by atoms with Crippen molar-refractivity contribution in [1.29, 1.82) is 5.26 Å². The third-order valence-corrected chi connectivity index (χ3v) is 3.45. The molecule has 0 aliphatic heterocycles. The Kier molecular flexibility index (Phi) is 5.07. The molecule has 0 fully saturated rings. The van der Waals surface area contributed by atoms with Crippen LogP contribution < -0.4 is 4.74 Å². The molecule has 3 aromatic rings. The van der Waals surface area contributed by atoms with E-state index in [1.165, 1.54) is 6.20 Å². The first-order chi connectivity index (χ1) is 12.3. The molecule has 0 radical (unpaired) electrons. The van der Waals surface area contributed by atoms with Crippen LogP contribution in [0.1, 0.15) is 16.1 Å². The number of ether oxygens (including phenoxy) is 2. The fraction of sp³-hybridized carbons (Fsp3) is 0.105. The van der Waals surface area contributed by atoms with Crippen LogP contribution in [0.2, 0.25) is 0 Å². The standard InChI is InChI=1S/C19H15N3O3/c20-12-15-6-8-17(9-7-15)24-10-11-25-19(23)18-13-21-14-22(18)16-4-2-1-3-5-16/h1-9,13-14H,10-11H2. The van der Waals surface area contributed by atoms with Gasteiger partial charge in [-0.15, -0.1) is 0 Å². The molecule has 2 aromatic carbocycles. The number of rotatable bonds is 6. The zero-order valence-corrected chi connectivity index (χ0v) is 13.3. The van der Waals surface area contributed by atoms with Crippen LogP contribution in [0.15, 0.2) is 67.1 Å². The lowest BCUT2D eigenvalue weighted by Gasteiger charge is -2.09. The van der Waals surface area contributed by atoms with E-state index in [2.05, 4.69) is 4.98 Å². The van der Waals surface area contributed by atoms with Crippen molar-refractivity contribution >= 4 is 5.97 Å². The van der Waals surface area contributed by atoms with Gasteiger partial charge in [-0.2, -0.15) is 5.26 Å². The predicted octanol–water partition coefficient (Wildman–Crippen LogP) is 2.98. The van der Waals surface area contributed by atoms with Crippen LogP contribution >= 0.6 is 0 Å². The molecule has 0 aliphatic rings. The van der Waals surface area contributed by atoms with Gasteiger partial charge in [0.05, 0.1) is 24.2 Å². The van der Waals surface area contributed by atoms with E-state index in [9.17, 15) is 4.79 Å². The van der Waals surface area contributed by atoms with Gasteiger partial charge >= 0.3 is 5.97 Å². The summed E-state index contributed by atoms with van der Waals surface area (Å²) in [6, 6.07) is 18.2. The third-order valence-electron chi connectivity index (χ3n) is 3.45. The highest BCUT2D eigenvalue weighted by Gasteiger charge is 2.14. The lowest BCUT2D eigenvalue weighted by atomic mass is 10.2. The van der Waals surface area contributed by atoms with E-state index in [1.807, 2.05) is 36.4 Å². The molecule has 3 rings (SSSR count). The molecule has 0 saturated heterocycles. The quantitative estimate of drug-likeness (QED) is 0.512. The Morgan fingerprint density at radius 2 is 1.84 bits per heavy atom. The number of hydrogen-bond donors (Lipinski definition) is 0. The minimum absolute atomic E-state index is 0.110. The van der Waals surface area contributed by atoms with Crippen molar-refractivity contribution < 1.29 is 14.3 Å². The Hall–Kier alpha value is -3.59. The number of hydrogen-bond acceptors (Lipinski definition) is 5. The Bertz CT molecular complexity index is 880. The second kappa shape index (κ2) is 7.79. The first-order valence-corrected chi connectivity index (χ1v) is 7.66. The molecule has 124 valence electrons. The number of imidazole rings is 1. The molecule has 0 saturated carbocycles. The number of nitrogens with zero attached hydrogens (tertiary/aromatic N) is 3. The molecule has 0 N–H and O–H groups in total. The van der Waals surface area contributed by atoms with Crippen molar-refractivity contribution in [3.05, 3.63) is 78.4 Å². The second-order valence-electron chi connectivity index (χ2n) is 5.10. The summed E-state index contributed by atoms with van der Waals surface area (Å²) >= 11 is 0. The Morgan fingerprint density at radius 3 is 2.56 bits per heavy atom. The minimum Gasteiger partial charge on any atom is -0.490 e. The average Bonchev–Trinajstić information content (AvgIpc) is 3.16. The molecule has 0 aliphatic carbocycles.